The van der Waals surface area contributed by atoms with Gasteiger partial charge in [-0.15, -0.1) is 0 Å². The van der Waals surface area contributed by atoms with Gasteiger partial charge in [-0.2, -0.15) is 0 Å². The summed E-state index contributed by atoms with van der Waals surface area (Å²) >= 11 is 0. The first-order valence-electron chi connectivity index (χ1n) is 7.98. The van der Waals surface area contributed by atoms with Gasteiger partial charge in [-0.3, -0.25) is 9.59 Å². The maximum atomic E-state index is 12.3. The number of amides is 1. The topological polar surface area (TPSA) is 97.5 Å². The van der Waals surface area contributed by atoms with E-state index < -0.39 is 6.09 Å². The molecule has 126 valence electrons. The highest BCUT2D eigenvalue weighted by Crippen LogP contribution is 2.45. The molecular weight excluding hydrogens is 306 g/mol. The van der Waals surface area contributed by atoms with Crippen molar-refractivity contribution < 1.29 is 19.5 Å². The second-order valence-electron chi connectivity index (χ2n) is 6.00. The molecule has 0 unspecified atom stereocenters. The molecule has 0 spiro atoms. The summed E-state index contributed by atoms with van der Waals surface area (Å²) in [7, 11) is 0. The molecule has 1 saturated carbocycles. The molecule has 0 saturated heterocycles. The highest BCUT2D eigenvalue weighted by Gasteiger charge is 2.40. The van der Waals surface area contributed by atoms with Gasteiger partial charge in [-0.05, 0) is 36.6 Å². The van der Waals surface area contributed by atoms with E-state index in [1.165, 1.54) is 24.1 Å². The fourth-order valence-electron chi connectivity index (χ4n) is 3.51. The third-order valence-electron chi connectivity index (χ3n) is 4.50. The van der Waals surface area contributed by atoms with Gasteiger partial charge in [0.05, 0.1) is 0 Å². The van der Waals surface area contributed by atoms with Crippen molar-refractivity contribution in [3.05, 3.63) is 59.7 Å². The monoisotopic (exact) mass is 327 g/mol. The van der Waals surface area contributed by atoms with E-state index in [1.54, 1.807) is 6.08 Å². The van der Waals surface area contributed by atoms with Gasteiger partial charge in [-0.1, -0.05) is 49.6 Å². The zero-order valence-electron chi connectivity index (χ0n) is 13.4. The Kier molecular flexibility index (Phi) is 5.68. The Labute approximate surface area is 140 Å². The number of primary amides is 1. The van der Waals surface area contributed by atoms with Crippen LogP contribution in [0.25, 0.3) is 0 Å². The van der Waals surface area contributed by atoms with Gasteiger partial charge in [0.1, 0.15) is 0 Å². The summed E-state index contributed by atoms with van der Waals surface area (Å²) in [5.74, 6) is -0.0733. The molecule has 3 rings (SSSR count). The lowest BCUT2D eigenvalue weighted by molar-refractivity contribution is -0.115. The van der Waals surface area contributed by atoms with Crippen molar-refractivity contribution in [2.75, 3.05) is 0 Å². The molecule has 0 aliphatic heterocycles. The Hall–Kier alpha value is -2.69. The standard InChI is InChI=1S/C18H18O2.CH3NO2/c19-15-9-10-17(20)16(13-15)18(11-5-2-6-12-18)14-7-3-1-4-8-14;2-1(3)4/h1,3-4,7-10,13H,2,5-6,11-12H2;2H2,(H,3,4). The molecule has 2 aliphatic rings. The van der Waals surface area contributed by atoms with E-state index in [0.717, 1.165) is 25.7 Å². The zero-order chi connectivity index (χ0) is 17.6. The molecule has 0 atom stereocenters. The summed E-state index contributed by atoms with van der Waals surface area (Å²) in [6.07, 6.45) is 8.35. The Balaban J connectivity index is 0.000000471. The molecule has 0 heterocycles. The minimum atomic E-state index is -1.33. The molecule has 1 amide bonds. The van der Waals surface area contributed by atoms with E-state index in [9.17, 15) is 9.59 Å². The van der Waals surface area contributed by atoms with E-state index in [2.05, 4.69) is 17.9 Å². The number of nitrogens with two attached hydrogens (primary N) is 1. The summed E-state index contributed by atoms with van der Waals surface area (Å²) in [5, 5.41) is 7.19. The second kappa shape index (κ2) is 7.73. The highest BCUT2D eigenvalue weighted by atomic mass is 16.4. The zero-order valence-corrected chi connectivity index (χ0v) is 13.4. The van der Waals surface area contributed by atoms with Crippen LogP contribution in [0.4, 0.5) is 4.79 Å². The molecule has 5 nitrogen and oxygen atoms in total. The summed E-state index contributed by atoms with van der Waals surface area (Å²) in [6.45, 7) is 0. The number of allylic oxidation sites excluding steroid dienone is 4. The first-order valence-corrected chi connectivity index (χ1v) is 7.98. The Morgan fingerprint density at radius 2 is 1.58 bits per heavy atom. The van der Waals surface area contributed by atoms with E-state index >= 15 is 0 Å². The van der Waals surface area contributed by atoms with Crippen molar-refractivity contribution in [1.29, 1.82) is 0 Å². The smallest absolute Gasteiger partial charge is 0.402 e. The maximum absolute atomic E-state index is 12.3. The maximum Gasteiger partial charge on any atom is 0.402 e. The van der Waals surface area contributed by atoms with Crippen molar-refractivity contribution in [3.8, 4) is 0 Å². The average molecular weight is 327 g/mol. The van der Waals surface area contributed by atoms with Gasteiger partial charge in [0.2, 0.25) is 0 Å². The Morgan fingerprint density at radius 1 is 1.00 bits per heavy atom. The molecule has 0 radical (unpaired) electrons. The van der Waals surface area contributed by atoms with Crippen LogP contribution in [0, 0.1) is 0 Å². The molecule has 2 aliphatic carbocycles. The minimum Gasteiger partial charge on any atom is -0.465 e. The first-order chi connectivity index (χ1) is 11.5. The van der Waals surface area contributed by atoms with E-state index in [1.807, 2.05) is 18.2 Å². The molecule has 0 bridgehead atoms. The molecule has 5 heteroatoms. The molecule has 0 aromatic heterocycles. The normalized spacial score (nSPS) is 19.1. The van der Waals surface area contributed by atoms with Gasteiger partial charge in [0.15, 0.2) is 11.6 Å². The minimum absolute atomic E-state index is 0.00430. The molecule has 3 N–H and O–H groups in total. The number of carbonyl (C=O) groups is 3. The number of carbonyl (C=O) groups excluding carboxylic acids is 2. The van der Waals surface area contributed by atoms with Crippen LogP contribution in [0.1, 0.15) is 37.7 Å². The average Bonchev–Trinajstić information content (AvgIpc) is 2.58. The highest BCUT2D eigenvalue weighted by molar-refractivity contribution is 6.18. The van der Waals surface area contributed by atoms with Gasteiger partial charge >= 0.3 is 6.09 Å². The number of benzene rings is 1. The summed E-state index contributed by atoms with van der Waals surface area (Å²) in [4.78, 5) is 32.8. The van der Waals surface area contributed by atoms with Crippen molar-refractivity contribution in [1.82, 2.24) is 0 Å². The van der Waals surface area contributed by atoms with Crippen LogP contribution >= 0.6 is 0 Å². The molecule has 1 aromatic rings. The molecule has 24 heavy (non-hydrogen) atoms. The van der Waals surface area contributed by atoms with Crippen molar-refractivity contribution in [2.45, 2.75) is 37.5 Å². The Bertz CT molecular complexity index is 679. The Morgan fingerprint density at radius 3 is 2.17 bits per heavy atom. The molecular formula is C19H21NO4. The van der Waals surface area contributed by atoms with Crippen LogP contribution in [-0.2, 0) is 15.0 Å². The van der Waals surface area contributed by atoms with Crippen LogP contribution in [0.5, 0.6) is 0 Å². The van der Waals surface area contributed by atoms with Crippen molar-refractivity contribution >= 4 is 17.7 Å². The van der Waals surface area contributed by atoms with Gasteiger partial charge in [0.25, 0.3) is 0 Å². The van der Waals surface area contributed by atoms with E-state index in [0.29, 0.717) is 5.57 Å². The van der Waals surface area contributed by atoms with Crippen molar-refractivity contribution in [2.24, 2.45) is 5.73 Å². The fraction of sp³-hybridized carbons (Fsp3) is 0.316. The second-order valence-corrected chi connectivity index (χ2v) is 6.00. The van der Waals surface area contributed by atoms with E-state index in [-0.39, 0.29) is 17.0 Å². The summed E-state index contributed by atoms with van der Waals surface area (Å²) in [6, 6.07) is 10.2. The van der Waals surface area contributed by atoms with Gasteiger partial charge in [0, 0.05) is 11.0 Å². The number of carboxylic acid groups (broad SMARTS) is 1. The summed E-state index contributed by atoms with van der Waals surface area (Å²) < 4.78 is 0. The lowest BCUT2D eigenvalue weighted by Crippen LogP contribution is -2.35. The van der Waals surface area contributed by atoms with Crippen LogP contribution in [0.2, 0.25) is 0 Å². The van der Waals surface area contributed by atoms with Crippen LogP contribution in [-0.4, -0.2) is 22.8 Å². The van der Waals surface area contributed by atoms with Crippen molar-refractivity contribution in [3.63, 3.8) is 0 Å². The fourth-order valence-corrected chi connectivity index (χ4v) is 3.51. The summed E-state index contributed by atoms with van der Waals surface area (Å²) in [5.41, 5.74) is 5.62. The number of hydrogen-bond acceptors (Lipinski definition) is 3. The van der Waals surface area contributed by atoms with Crippen LogP contribution in [0.15, 0.2) is 54.1 Å². The quantitative estimate of drug-likeness (QED) is 0.815. The lowest BCUT2D eigenvalue weighted by Gasteiger charge is -2.39. The third-order valence-corrected chi connectivity index (χ3v) is 4.50. The SMILES string of the molecule is NC(=O)O.O=C1C=CC(=O)C(C2(c3ccccc3)CCCCC2)=C1. The molecule has 1 aromatic carbocycles. The van der Waals surface area contributed by atoms with E-state index in [4.69, 9.17) is 9.90 Å². The first kappa shape index (κ1) is 17.7. The largest absolute Gasteiger partial charge is 0.465 e. The third kappa shape index (κ3) is 3.98. The van der Waals surface area contributed by atoms with Crippen LogP contribution < -0.4 is 5.73 Å². The number of ketones is 2. The number of rotatable bonds is 2. The molecule has 1 fully saturated rings. The van der Waals surface area contributed by atoms with Gasteiger partial charge in [-0.25, -0.2) is 4.79 Å². The van der Waals surface area contributed by atoms with Crippen LogP contribution in [0.3, 0.4) is 0 Å². The number of hydrogen-bond donors (Lipinski definition) is 2. The predicted octanol–water partition coefficient (Wildman–Crippen LogP) is 3.15. The lowest BCUT2D eigenvalue weighted by atomic mass is 9.63. The predicted molar refractivity (Wildman–Crippen MR) is 90.7 cm³/mol. The van der Waals surface area contributed by atoms with Gasteiger partial charge < -0.3 is 10.8 Å².